The maximum Gasteiger partial charge on any atom is 0.363 e. The van der Waals surface area contributed by atoms with E-state index in [1.807, 2.05) is 0 Å². The Balaban J connectivity index is 1.85. The first-order valence-corrected chi connectivity index (χ1v) is 7.28. The van der Waals surface area contributed by atoms with E-state index in [-0.39, 0.29) is 23.1 Å². The summed E-state index contributed by atoms with van der Waals surface area (Å²) in [5.74, 6) is -2.79. The molecule has 0 atom stereocenters. The monoisotopic (exact) mass is 342 g/mol. The van der Waals surface area contributed by atoms with Crippen molar-refractivity contribution in [1.29, 1.82) is 0 Å². The molecule has 1 aliphatic rings. The Labute approximate surface area is 141 Å². The number of anilines is 1. The molecule has 7 heteroatoms. The van der Waals surface area contributed by atoms with Crippen LogP contribution in [0.2, 0.25) is 0 Å². The largest absolute Gasteiger partial charge is 0.402 e. The molecule has 0 spiro atoms. The lowest BCUT2D eigenvalue weighted by Crippen LogP contribution is -2.07. The lowest BCUT2D eigenvalue weighted by Gasteiger charge is -2.03. The van der Waals surface area contributed by atoms with Crippen LogP contribution in [0.4, 0.5) is 14.5 Å². The van der Waals surface area contributed by atoms with Crippen molar-refractivity contribution in [2.24, 2.45) is 4.99 Å². The van der Waals surface area contributed by atoms with Crippen LogP contribution in [0.1, 0.15) is 18.1 Å². The number of nitrogens with one attached hydrogen (secondary N) is 1. The minimum atomic E-state index is -1.02. The maximum absolute atomic E-state index is 13.2. The normalized spacial score (nSPS) is 15.1. The molecule has 0 radical (unpaired) electrons. The SMILES string of the molecule is CC(=O)Nc1ccc(C2=N/C(=C\c3ccc(F)c(F)c3)C(=O)O2)cc1. The van der Waals surface area contributed by atoms with Crippen LogP contribution >= 0.6 is 0 Å². The predicted molar refractivity (Wildman–Crippen MR) is 87.7 cm³/mol. The van der Waals surface area contributed by atoms with E-state index in [0.717, 1.165) is 12.1 Å². The molecule has 0 fully saturated rings. The molecule has 0 bridgehead atoms. The molecule has 2 aromatic carbocycles. The molecule has 1 N–H and O–H groups in total. The van der Waals surface area contributed by atoms with Crippen molar-refractivity contribution in [3.63, 3.8) is 0 Å². The van der Waals surface area contributed by atoms with Crippen LogP contribution in [0, 0.1) is 11.6 Å². The molecule has 0 saturated carbocycles. The number of carbonyl (C=O) groups is 2. The number of esters is 1. The molecule has 3 rings (SSSR count). The van der Waals surface area contributed by atoms with E-state index < -0.39 is 17.6 Å². The Bertz CT molecular complexity index is 918. The summed E-state index contributed by atoms with van der Waals surface area (Å²) < 4.78 is 31.3. The van der Waals surface area contributed by atoms with E-state index in [9.17, 15) is 18.4 Å². The molecule has 0 aromatic heterocycles. The standard InChI is InChI=1S/C18H12F2N2O3/c1-10(23)21-13-5-3-12(4-6-13)17-22-16(18(24)25-17)9-11-2-7-14(19)15(20)8-11/h2-9H,1H3,(H,21,23)/b16-9-. The van der Waals surface area contributed by atoms with E-state index >= 15 is 0 Å². The fourth-order valence-electron chi connectivity index (χ4n) is 2.19. The van der Waals surface area contributed by atoms with Crippen LogP contribution in [-0.4, -0.2) is 17.8 Å². The molecule has 126 valence electrons. The van der Waals surface area contributed by atoms with Gasteiger partial charge in [0.05, 0.1) is 0 Å². The summed E-state index contributed by atoms with van der Waals surface area (Å²) in [5.41, 5.74) is 1.40. The van der Waals surface area contributed by atoms with Gasteiger partial charge >= 0.3 is 5.97 Å². The van der Waals surface area contributed by atoms with Gasteiger partial charge in [0.1, 0.15) is 0 Å². The van der Waals surface area contributed by atoms with Crippen molar-refractivity contribution < 1.29 is 23.1 Å². The molecular weight excluding hydrogens is 330 g/mol. The number of hydrogen-bond donors (Lipinski definition) is 1. The summed E-state index contributed by atoms with van der Waals surface area (Å²) >= 11 is 0. The van der Waals surface area contributed by atoms with Crippen molar-refractivity contribution in [2.75, 3.05) is 5.32 Å². The smallest absolute Gasteiger partial charge is 0.363 e. The van der Waals surface area contributed by atoms with E-state index in [4.69, 9.17) is 4.74 Å². The van der Waals surface area contributed by atoms with Gasteiger partial charge in [0.15, 0.2) is 17.3 Å². The molecular formula is C18H12F2N2O3. The summed E-state index contributed by atoms with van der Waals surface area (Å²) in [6.45, 7) is 1.39. The van der Waals surface area contributed by atoms with Crippen LogP contribution < -0.4 is 5.32 Å². The lowest BCUT2D eigenvalue weighted by atomic mass is 10.2. The van der Waals surface area contributed by atoms with Crippen LogP contribution in [0.5, 0.6) is 0 Å². The van der Waals surface area contributed by atoms with Gasteiger partial charge in [-0.1, -0.05) is 6.07 Å². The maximum atomic E-state index is 13.2. The minimum Gasteiger partial charge on any atom is -0.402 e. The Hall–Kier alpha value is -3.35. The highest BCUT2D eigenvalue weighted by Crippen LogP contribution is 2.21. The molecule has 1 heterocycles. The summed E-state index contributed by atoms with van der Waals surface area (Å²) in [6.07, 6.45) is 1.31. The van der Waals surface area contributed by atoms with Gasteiger partial charge in [0.25, 0.3) is 0 Å². The summed E-state index contributed by atoms with van der Waals surface area (Å²) in [4.78, 5) is 27.0. The van der Waals surface area contributed by atoms with Crippen LogP contribution in [0.15, 0.2) is 53.2 Å². The topological polar surface area (TPSA) is 67.8 Å². The quantitative estimate of drug-likeness (QED) is 0.688. The highest BCUT2D eigenvalue weighted by atomic mass is 19.2. The zero-order valence-electron chi connectivity index (χ0n) is 13.0. The van der Waals surface area contributed by atoms with Gasteiger partial charge in [-0.2, -0.15) is 0 Å². The number of rotatable bonds is 3. The van der Waals surface area contributed by atoms with Gasteiger partial charge in [-0.3, -0.25) is 4.79 Å². The van der Waals surface area contributed by atoms with E-state index in [1.165, 1.54) is 19.1 Å². The number of cyclic esters (lactones) is 1. The third kappa shape index (κ3) is 3.77. The summed E-state index contributed by atoms with van der Waals surface area (Å²) in [6, 6.07) is 9.82. The number of benzene rings is 2. The fourth-order valence-corrected chi connectivity index (χ4v) is 2.19. The van der Waals surface area contributed by atoms with E-state index in [0.29, 0.717) is 11.3 Å². The average molecular weight is 342 g/mol. The zero-order chi connectivity index (χ0) is 18.0. The third-order valence-electron chi connectivity index (χ3n) is 3.32. The van der Waals surface area contributed by atoms with Gasteiger partial charge in [0.2, 0.25) is 11.8 Å². The number of halogens is 2. The Morgan fingerprint density at radius 1 is 1.12 bits per heavy atom. The Kier molecular flexibility index (Phi) is 4.38. The van der Waals surface area contributed by atoms with Gasteiger partial charge in [0, 0.05) is 18.2 Å². The average Bonchev–Trinajstić information content (AvgIpc) is 2.92. The zero-order valence-corrected chi connectivity index (χ0v) is 13.0. The summed E-state index contributed by atoms with van der Waals surface area (Å²) in [5, 5.41) is 2.62. The third-order valence-corrected chi connectivity index (χ3v) is 3.32. The first-order valence-electron chi connectivity index (χ1n) is 7.28. The van der Waals surface area contributed by atoms with Crippen molar-refractivity contribution in [1.82, 2.24) is 0 Å². The van der Waals surface area contributed by atoms with Crippen LogP contribution in [-0.2, 0) is 14.3 Å². The molecule has 0 saturated heterocycles. The number of hydrogen-bond acceptors (Lipinski definition) is 4. The van der Waals surface area contributed by atoms with Gasteiger partial charge in [-0.15, -0.1) is 0 Å². The molecule has 1 amide bonds. The lowest BCUT2D eigenvalue weighted by molar-refractivity contribution is -0.129. The highest BCUT2D eigenvalue weighted by molar-refractivity contribution is 6.13. The van der Waals surface area contributed by atoms with Crippen molar-refractivity contribution in [2.45, 2.75) is 6.92 Å². The first-order chi connectivity index (χ1) is 11.9. The van der Waals surface area contributed by atoms with Gasteiger partial charge in [-0.05, 0) is 48.0 Å². The number of aliphatic imine (C=N–C) groups is 1. The highest BCUT2D eigenvalue weighted by Gasteiger charge is 2.24. The Morgan fingerprint density at radius 3 is 2.48 bits per heavy atom. The number of amides is 1. The minimum absolute atomic E-state index is 0.0213. The fraction of sp³-hybridized carbons (Fsp3) is 0.0556. The predicted octanol–water partition coefficient (Wildman–Crippen LogP) is 3.27. The van der Waals surface area contributed by atoms with E-state index in [2.05, 4.69) is 10.3 Å². The number of ether oxygens (including phenoxy) is 1. The van der Waals surface area contributed by atoms with Gasteiger partial charge in [-0.25, -0.2) is 18.6 Å². The molecule has 5 nitrogen and oxygen atoms in total. The second-order valence-corrected chi connectivity index (χ2v) is 5.27. The molecule has 2 aromatic rings. The first kappa shape index (κ1) is 16.5. The summed E-state index contributed by atoms with van der Waals surface area (Å²) in [7, 11) is 0. The molecule has 0 unspecified atom stereocenters. The second kappa shape index (κ2) is 6.64. The molecule has 25 heavy (non-hydrogen) atoms. The number of nitrogens with zero attached hydrogens (tertiary/aromatic N) is 1. The number of carbonyl (C=O) groups excluding carboxylic acids is 2. The molecule has 0 aliphatic carbocycles. The Morgan fingerprint density at radius 2 is 1.84 bits per heavy atom. The van der Waals surface area contributed by atoms with Crippen molar-refractivity contribution in [3.8, 4) is 0 Å². The van der Waals surface area contributed by atoms with Crippen LogP contribution in [0.25, 0.3) is 6.08 Å². The second-order valence-electron chi connectivity index (χ2n) is 5.27. The van der Waals surface area contributed by atoms with E-state index in [1.54, 1.807) is 24.3 Å². The van der Waals surface area contributed by atoms with Crippen molar-refractivity contribution in [3.05, 3.63) is 70.9 Å². The van der Waals surface area contributed by atoms with Gasteiger partial charge < -0.3 is 10.1 Å². The van der Waals surface area contributed by atoms with Crippen molar-refractivity contribution >= 4 is 29.5 Å². The van der Waals surface area contributed by atoms with Crippen LogP contribution in [0.3, 0.4) is 0 Å². The molecule has 1 aliphatic heterocycles.